The number of rotatable bonds is 3. The molecule has 3 heterocycles. The normalized spacial score (nSPS) is 21.3. The molecule has 1 saturated heterocycles. The van der Waals surface area contributed by atoms with Crippen LogP contribution in [0.1, 0.15) is 33.1 Å². The van der Waals surface area contributed by atoms with E-state index in [4.69, 9.17) is 0 Å². The highest BCUT2D eigenvalue weighted by molar-refractivity contribution is 5.69. The van der Waals surface area contributed by atoms with Gasteiger partial charge in [-0.3, -0.25) is 4.90 Å². The van der Waals surface area contributed by atoms with Gasteiger partial charge in [0.2, 0.25) is 0 Å². The molecule has 102 valence electrons. The molecule has 1 aliphatic heterocycles. The monoisotopic (exact) mass is 258 g/mol. The molecule has 0 aliphatic carbocycles. The summed E-state index contributed by atoms with van der Waals surface area (Å²) in [5.74, 6) is 0. The van der Waals surface area contributed by atoms with Crippen molar-refractivity contribution in [2.75, 3.05) is 6.54 Å². The molecule has 0 saturated carbocycles. The van der Waals surface area contributed by atoms with Crippen molar-refractivity contribution >= 4 is 11.2 Å². The van der Waals surface area contributed by atoms with Crippen LogP contribution in [-0.4, -0.2) is 38.1 Å². The molecule has 0 spiro atoms. The molecule has 1 unspecified atom stereocenters. The number of hydrogen-bond acceptors (Lipinski definition) is 3. The number of aromatic nitrogens is 3. The number of fused-ring (bicyclic) bond motifs is 1. The van der Waals surface area contributed by atoms with Crippen molar-refractivity contribution in [3.05, 3.63) is 24.7 Å². The average Bonchev–Trinajstić information content (AvgIpc) is 2.83. The van der Waals surface area contributed by atoms with E-state index in [0.717, 1.165) is 17.7 Å². The van der Waals surface area contributed by atoms with Crippen molar-refractivity contribution < 1.29 is 0 Å². The first-order chi connectivity index (χ1) is 9.25. The van der Waals surface area contributed by atoms with Gasteiger partial charge in [0.1, 0.15) is 5.52 Å². The van der Waals surface area contributed by atoms with Crippen LogP contribution in [-0.2, 0) is 6.54 Å². The zero-order chi connectivity index (χ0) is 13.2. The molecule has 1 aliphatic rings. The van der Waals surface area contributed by atoms with Gasteiger partial charge < -0.3 is 4.57 Å². The summed E-state index contributed by atoms with van der Waals surface area (Å²) in [6.45, 7) is 6.82. The average molecular weight is 258 g/mol. The van der Waals surface area contributed by atoms with Crippen LogP contribution in [0.3, 0.4) is 0 Å². The van der Waals surface area contributed by atoms with Crippen molar-refractivity contribution in [3.8, 4) is 0 Å². The molecule has 19 heavy (non-hydrogen) atoms. The van der Waals surface area contributed by atoms with E-state index in [1.165, 1.54) is 25.8 Å². The Bertz CT molecular complexity index is 546. The van der Waals surface area contributed by atoms with Gasteiger partial charge in [-0.2, -0.15) is 0 Å². The van der Waals surface area contributed by atoms with E-state index in [1.807, 2.05) is 24.7 Å². The molecule has 0 N–H and O–H groups in total. The van der Waals surface area contributed by atoms with Crippen molar-refractivity contribution in [1.29, 1.82) is 0 Å². The Balaban J connectivity index is 1.83. The molecule has 0 bridgehead atoms. The molecule has 0 aromatic carbocycles. The standard InChI is InChI=1S/C15H22N4/c1-12(2)19-9-4-3-6-13(19)10-18-11-17-14-7-5-8-16-15(14)18/h5,7-8,11-13H,3-4,6,9-10H2,1-2H3. The zero-order valence-electron chi connectivity index (χ0n) is 11.8. The minimum Gasteiger partial charge on any atom is -0.314 e. The van der Waals surface area contributed by atoms with Crippen LogP contribution >= 0.6 is 0 Å². The van der Waals surface area contributed by atoms with Crippen molar-refractivity contribution in [2.45, 2.75) is 51.7 Å². The quantitative estimate of drug-likeness (QED) is 0.849. The zero-order valence-corrected chi connectivity index (χ0v) is 11.8. The lowest BCUT2D eigenvalue weighted by molar-refractivity contribution is 0.0998. The summed E-state index contributed by atoms with van der Waals surface area (Å²) >= 11 is 0. The molecular weight excluding hydrogens is 236 g/mol. The minimum absolute atomic E-state index is 0.619. The van der Waals surface area contributed by atoms with Gasteiger partial charge in [-0.05, 0) is 45.4 Å². The Morgan fingerprint density at radius 1 is 1.32 bits per heavy atom. The van der Waals surface area contributed by atoms with Gasteiger partial charge in [0, 0.05) is 24.8 Å². The lowest BCUT2D eigenvalue weighted by Crippen LogP contribution is -2.45. The maximum Gasteiger partial charge on any atom is 0.159 e. The van der Waals surface area contributed by atoms with Gasteiger partial charge in [0.05, 0.1) is 6.33 Å². The second-order valence-corrected chi connectivity index (χ2v) is 5.72. The highest BCUT2D eigenvalue weighted by Crippen LogP contribution is 2.22. The summed E-state index contributed by atoms with van der Waals surface area (Å²) in [6, 6.07) is 5.21. The van der Waals surface area contributed by atoms with Gasteiger partial charge in [0.15, 0.2) is 5.65 Å². The third-order valence-electron chi connectivity index (χ3n) is 4.12. The highest BCUT2D eigenvalue weighted by Gasteiger charge is 2.25. The summed E-state index contributed by atoms with van der Waals surface area (Å²) in [5.41, 5.74) is 2.01. The highest BCUT2D eigenvalue weighted by atomic mass is 15.2. The van der Waals surface area contributed by atoms with Crippen LogP contribution in [0.4, 0.5) is 0 Å². The number of hydrogen-bond donors (Lipinski definition) is 0. The van der Waals surface area contributed by atoms with Crippen LogP contribution < -0.4 is 0 Å². The summed E-state index contributed by atoms with van der Waals surface area (Å²) < 4.78 is 2.21. The van der Waals surface area contributed by atoms with Crippen LogP contribution in [0.2, 0.25) is 0 Å². The summed E-state index contributed by atoms with van der Waals surface area (Å²) in [5, 5.41) is 0. The van der Waals surface area contributed by atoms with E-state index < -0.39 is 0 Å². The number of imidazole rings is 1. The fourth-order valence-electron chi connectivity index (χ4n) is 3.16. The molecule has 4 heteroatoms. The first-order valence-corrected chi connectivity index (χ1v) is 7.27. The van der Waals surface area contributed by atoms with E-state index in [-0.39, 0.29) is 0 Å². The largest absolute Gasteiger partial charge is 0.314 e. The third kappa shape index (κ3) is 2.50. The first-order valence-electron chi connectivity index (χ1n) is 7.27. The number of nitrogens with zero attached hydrogens (tertiary/aromatic N) is 4. The van der Waals surface area contributed by atoms with Crippen LogP contribution in [0, 0.1) is 0 Å². The van der Waals surface area contributed by atoms with E-state index in [2.05, 4.69) is 33.3 Å². The molecule has 4 nitrogen and oxygen atoms in total. The molecule has 1 fully saturated rings. The molecule has 0 amide bonds. The van der Waals surface area contributed by atoms with Gasteiger partial charge in [0.25, 0.3) is 0 Å². The van der Waals surface area contributed by atoms with E-state index in [1.54, 1.807) is 0 Å². The first kappa shape index (κ1) is 12.6. The Kier molecular flexibility index (Phi) is 3.51. The number of piperidine rings is 1. The molecule has 1 atom stereocenters. The summed E-state index contributed by atoms with van der Waals surface area (Å²) in [4.78, 5) is 11.5. The van der Waals surface area contributed by atoms with Crippen molar-refractivity contribution in [3.63, 3.8) is 0 Å². The van der Waals surface area contributed by atoms with Crippen molar-refractivity contribution in [1.82, 2.24) is 19.4 Å². The Morgan fingerprint density at radius 2 is 2.21 bits per heavy atom. The van der Waals surface area contributed by atoms with Gasteiger partial charge >= 0.3 is 0 Å². The second kappa shape index (κ2) is 5.29. The molecule has 2 aromatic heterocycles. The number of likely N-dealkylation sites (tertiary alicyclic amines) is 1. The van der Waals surface area contributed by atoms with Gasteiger partial charge in [-0.1, -0.05) is 6.42 Å². The topological polar surface area (TPSA) is 34.0 Å². The molecule has 2 aromatic rings. The second-order valence-electron chi connectivity index (χ2n) is 5.72. The van der Waals surface area contributed by atoms with Crippen LogP contribution in [0.15, 0.2) is 24.7 Å². The summed E-state index contributed by atoms with van der Waals surface area (Å²) in [7, 11) is 0. The van der Waals surface area contributed by atoms with E-state index >= 15 is 0 Å². The lowest BCUT2D eigenvalue weighted by atomic mass is 10.0. The minimum atomic E-state index is 0.619. The Hall–Kier alpha value is -1.42. The fourth-order valence-corrected chi connectivity index (χ4v) is 3.16. The maximum atomic E-state index is 4.46. The SMILES string of the molecule is CC(C)N1CCCCC1Cn1cnc2cccnc21. The maximum absolute atomic E-state index is 4.46. The molecule has 3 rings (SSSR count). The molecular formula is C15H22N4. The predicted molar refractivity (Wildman–Crippen MR) is 77.0 cm³/mol. The predicted octanol–water partition coefficient (Wildman–Crippen LogP) is 2.69. The van der Waals surface area contributed by atoms with Crippen LogP contribution in [0.5, 0.6) is 0 Å². The molecule has 0 radical (unpaired) electrons. The lowest BCUT2D eigenvalue weighted by Gasteiger charge is -2.38. The van der Waals surface area contributed by atoms with Crippen LogP contribution in [0.25, 0.3) is 11.2 Å². The van der Waals surface area contributed by atoms with E-state index in [0.29, 0.717) is 12.1 Å². The van der Waals surface area contributed by atoms with E-state index in [9.17, 15) is 0 Å². The Morgan fingerprint density at radius 3 is 3.05 bits per heavy atom. The van der Waals surface area contributed by atoms with Gasteiger partial charge in [-0.15, -0.1) is 0 Å². The fraction of sp³-hybridized carbons (Fsp3) is 0.600. The number of pyridine rings is 1. The summed E-state index contributed by atoms with van der Waals surface area (Å²) in [6.07, 6.45) is 7.74. The third-order valence-corrected chi connectivity index (χ3v) is 4.12. The smallest absolute Gasteiger partial charge is 0.159 e. The van der Waals surface area contributed by atoms with Crippen molar-refractivity contribution in [2.24, 2.45) is 0 Å². The Labute approximate surface area is 114 Å². The van der Waals surface area contributed by atoms with Gasteiger partial charge in [-0.25, -0.2) is 9.97 Å².